The number of rotatable bonds is 4. The number of nitrogens with one attached hydrogen (secondary N) is 1. The van der Waals surface area contributed by atoms with E-state index >= 15 is 0 Å². The van der Waals surface area contributed by atoms with Crippen molar-refractivity contribution in [1.82, 2.24) is 10.2 Å². The van der Waals surface area contributed by atoms with Crippen LogP contribution in [-0.4, -0.2) is 49.3 Å². The molecule has 18 heavy (non-hydrogen) atoms. The summed E-state index contributed by atoms with van der Waals surface area (Å²) in [7, 11) is 0. The fraction of sp³-hybridized carbons (Fsp3) is 1.00. The predicted octanol–water partition coefficient (Wildman–Crippen LogP) is 2.27. The summed E-state index contributed by atoms with van der Waals surface area (Å²) >= 11 is 0. The second-order valence-corrected chi connectivity index (χ2v) is 6.23. The minimum Gasteiger partial charge on any atom is -0.381 e. The van der Waals surface area contributed by atoms with Gasteiger partial charge >= 0.3 is 0 Å². The number of ether oxygens (including phenoxy) is 1. The number of hydrogen-bond donors (Lipinski definition) is 1. The summed E-state index contributed by atoms with van der Waals surface area (Å²) in [6, 6.07) is 0.665. The van der Waals surface area contributed by atoms with Crippen molar-refractivity contribution in [2.75, 3.05) is 32.8 Å². The molecule has 0 radical (unpaired) electrons. The average Bonchev–Trinajstić information content (AvgIpc) is 2.43. The molecule has 2 aliphatic heterocycles. The van der Waals surface area contributed by atoms with Crippen LogP contribution in [0.25, 0.3) is 0 Å². The van der Waals surface area contributed by atoms with Crippen molar-refractivity contribution >= 4 is 0 Å². The van der Waals surface area contributed by atoms with E-state index in [4.69, 9.17) is 4.74 Å². The summed E-state index contributed by atoms with van der Waals surface area (Å²) in [6.45, 7) is 12.5. The summed E-state index contributed by atoms with van der Waals surface area (Å²) in [4.78, 5) is 2.70. The zero-order valence-corrected chi connectivity index (χ0v) is 12.4. The molecule has 0 aromatic carbocycles. The molecular weight excluding hydrogens is 224 g/mol. The molecule has 0 saturated carbocycles. The molecule has 2 atom stereocenters. The molecule has 0 bridgehead atoms. The first-order valence-corrected chi connectivity index (χ1v) is 7.76. The van der Waals surface area contributed by atoms with Gasteiger partial charge in [0.1, 0.15) is 0 Å². The van der Waals surface area contributed by atoms with E-state index in [-0.39, 0.29) is 0 Å². The van der Waals surface area contributed by atoms with Crippen molar-refractivity contribution in [3.05, 3.63) is 0 Å². The highest BCUT2D eigenvalue weighted by Gasteiger charge is 2.35. The minimum atomic E-state index is 0.349. The van der Waals surface area contributed by atoms with E-state index in [1.165, 1.54) is 38.8 Å². The lowest BCUT2D eigenvalue weighted by atomic mass is 9.88. The summed E-state index contributed by atoms with van der Waals surface area (Å²) < 4.78 is 5.62. The van der Waals surface area contributed by atoms with Gasteiger partial charge in [-0.05, 0) is 38.5 Å². The third-order valence-electron chi connectivity index (χ3n) is 5.00. The van der Waals surface area contributed by atoms with E-state index in [9.17, 15) is 0 Å². The van der Waals surface area contributed by atoms with Gasteiger partial charge in [0.05, 0.1) is 6.61 Å². The lowest BCUT2D eigenvalue weighted by molar-refractivity contribution is 0.0113. The quantitative estimate of drug-likeness (QED) is 0.833. The molecule has 0 aromatic rings. The van der Waals surface area contributed by atoms with E-state index in [2.05, 4.69) is 31.0 Å². The second-order valence-electron chi connectivity index (χ2n) is 6.23. The zero-order valence-electron chi connectivity index (χ0n) is 12.4. The Morgan fingerprint density at radius 3 is 2.72 bits per heavy atom. The van der Waals surface area contributed by atoms with Gasteiger partial charge in [-0.15, -0.1) is 0 Å². The van der Waals surface area contributed by atoms with Crippen LogP contribution in [0, 0.1) is 5.92 Å². The van der Waals surface area contributed by atoms with Crippen LogP contribution in [0.1, 0.15) is 46.5 Å². The van der Waals surface area contributed by atoms with Gasteiger partial charge in [0, 0.05) is 37.8 Å². The van der Waals surface area contributed by atoms with E-state index in [1.54, 1.807) is 0 Å². The largest absolute Gasteiger partial charge is 0.381 e. The van der Waals surface area contributed by atoms with Crippen LogP contribution in [0.3, 0.4) is 0 Å². The fourth-order valence-electron chi connectivity index (χ4n) is 3.34. The lowest BCUT2D eigenvalue weighted by Crippen LogP contribution is -2.63. The summed E-state index contributed by atoms with van der Waals surface area (Å²) in [5, 5.41) is 3.78. The molecule has 2 fully saturated rings. The molecule has 2 rings (SSSR count). The molecule has 2 unspecified atom stereocenters. The second kappa shape index (κ2) is 6.36. The Morgan fingerprint density at radius 2 is 2.11 bits per heavy atom. The monoisotopic (exact) mass is 254 g/mol. The number of nitrogens with zero attached hydrogens (tertiary/aromatic N) is 1. The fourth-order valence-corrected chi connectivity index (χ4v) is 3.34. The van der Waals surface area contributed by atoms with Crippen LogP contribution < -0.4 is 5.32 Å². The Hall–Kier alpha value is -0.120. The maximum atomic E-state index is 5.62. The van der Waals surface area contributed by atoms with Gasteiger partial charge < -0.3 is 10.1 Å². The van der Waals surface area contributed by atoms with Crippen molar-refractivity contribution in [3.63, 3.8) is 0 Å². The Kier molecular flexibility index (Phi) is 5.05. The van der Waals surface area contributed by atoms with Crippen LogP contribution in [0.5, 0.6) is 0 Å². The highest BCUT2D eigenvalue weighted by molar-refractivity contribution is 4.96. The lowest BCUT2D eigenvalue weighted by Gasteiger charge is -2.47. The van der Waals surface area contributed by atoms with Crippen LogP contribution in [0.2, 0.25) is 0 Å². The van der Waals surface area contributed by atoms with E-state index < -0.39 is 0 Å². The van der Waals surface area contributed by atoms with Crippen molar-refractivity contribution in [1.29, 1.82) is 0 Å². The molecule has 0 amide bonds. The van der Waals surface area contributed by atoms with E-state index in [0.29, 0.717) is 11.6 Å². The van der Waals surface area contributed by atoms with Crippen molar-refractivity contribution in [2.24, 2.45) is 5.92 Å². The molecule has 0 aliphatic carbocycles. The molecule has 0 aromatic heterocycles. The minimum absolute atomic E-state index is 0.349. The molecule has 2 aliphatic rings. The van der Waals surface area contributed by atoms with Crippen LogP contribution in [0.4, 0.5) is 0 Å². The van der Waals surface area contributed by atoms with Crippen molar-refractivity contribution < 1.29 is 4.74 Å². The molecule has 0 spiro atoms. The molecule has 3 heteroatoms. The number of hydrogen-bond acceptors (Lipinski definition) is 3. The predicted molar refractivity (Wildman–Crippen MR) is 75.9 cm³/mol. The van der Waals surface area contributed by atoms with Gasteiger partial charge in [0.25, 0.3) is 0 Å². The van der Waals surface area contributed by atoms with Gasteiger partial charge in [0.15, 0.2) is 0 Å². The van der Waals surface area contributed by atoms with E-state index in [1.807, 2.05) is 0 Å². The summed E-state index contributed by atoms with van der Waals surface area (Å²) in [5.74, 6) is 0.755. The Bertz CT molecular complexity index is 247. The van der Waals surface area contributed by atoms with Gasteiger partial charge in [-0.3, -0.25) is 4.90 Å². The van der Waals surface area contributed by atoms with Crippen LogP contribution in [-0.2, 0) is 4.74 Å². The van der Waals surface area contributed by atoms with Gasteiger partial charge in [-0.2, -0.15) is 0 Å². The SMILES string of the molecule is CCC1(CC)CN(CC2CCCOC2)C(C)CN1. The van der Waals surface area contributed by atoms with Gasteiger partial charge in [0.2, 0.25) is 0 Å². The first-order chi connectivity index (χ1) is 8.69. The average molecular weight is 254 g/mol. The topological polar surface area (TPSA) is 24.5 Å². The molecule has 2 heterocycles. The normalized spacial score (nSPS) is 33.5. The maximum Gasteiger partial charge on any atom is 0.0506 e. The molecule has 106 valence electrons. The van der Waals surface area contributed by atoms with Crippen LogP contribution >= 0.6 is 0 Å². The Balaban J connectivity index is 1.92. The highest BCUT2D eigenvalue weighted by Crippen LogP contribution is 2.25. The van der Waals surface area contributed by atoms with Crippen molar-refractivity contribution in [2.45, 2.75) is 58.0 Å². The van der Waals surface area contributed by atoms with E-state index in [0.717, 1.165) is 25.7 Å². The Labute approximate surface area is 112 Å². The summed E-state index contributed by atoms with van der Waals surface area (Å²) in [5.41, 5.74) is 0.349. The third-order valence-corrected chi connectivity index (χ3v) is 5.00. The standard InChI is InChI=1S/C15H30N2O/c1-4-15(5-2)12-17(13(3)9-16-15)10-14-7-6-8-18-11-14/h13-14,16H,4-12H2,1-3H3. The molecular formula is C15H30N2O. The third kappa shape index (κ3) is 3.25. The van der Waals surface area contributed by atoms with Gasteiger partial charge in [-0.1, -0.05) is 13.8 Å². The first kappa shape index (κ1) is 14.3. The van der Waals surface area contributed by atoms with Crippen molar-refractivity contribution in [3.8, 4) is 0 Å². The maximum absolute atomic E-state index is 5.62. The van der Waals surface area contributed by atoms with Gasteiger partial charge in [-0.25, -0.2) is 0 Å². The highest BCUT2D eigenvalue weighted by atomic mass is 16.5. The zero-order chi connectivity index (χ0) is 13.0. The first-order valence-electron chi connectivity index (χ1n) is 7.76. The molecule has 2 saturated heterocycles. The Morgan fingerprint density at radius 1 is 1.33 bits per heavy atom. The smallest absolute Gasteiger partial charge is 0.0506 e. The van der Waals surface area contributed by atoms with Crippen LogP contribution in [0.15, 0.2) is 0 Å². The molecule has 1 N–H and O–H groups in total. The number of piperazine rings is 1. The summed E-state index contributed by atoms with van der Waals surface area (Å²) in [6.07, 6.45) is 5.06. The molecule has 3 nitrogen and oxygen atoms in total.